The van der Waals surface area contributed by atoms with Crippen LogP contribution in [0.3, 0.4) is 0 Å². The Kier molecular flexibility index (Phi) is 5.45. The van der Waals surface area contributed by atoms with E-state index in [-0.39, 0.29) is 18.6 Å². The Balaban J connectivity index is 2.45. The standard InChI is InChI=1S/C13H20N2O3/c1-9-4-5-11(14)12(6-9)18-8-13(16)15-10(2)7-17-3/h4-6,10H,7-8,14H2,1-3H3,(H,15,16). The quantitative estimate of drug-likeness (QED) is 0.744. The molecule has 0 bridgehead atoms. The molecule has 0 aromatic heterocycles. The van der Waals surface area contributed by atoms with Gasteiger partial charge in [-0.1, -0.05) is 6.07 Å². The third-order valence-electron chi connectivity index (χ3n) is 2.35. The van der Waals surface area contributed by atoms with Crippen molar-refractivity contribution in [3.63, 3.8) is 0 Å². The SMILES string of the molecule is COCC(C)NC(=O)COc1cc(C)ccc1N. The molecule has 0 aliphatic rings. The molecule has 5 nitrogen and oxygen atoms in total. The number of methoxy groups -OCH3 is 1. The minimum atomic E-state index is -0.194. The zero-order valence-electron chi connectivity index (χ0n) is 11.0. The molecular formula is C13H20N2O3. The molecule has 0 aliphatic carbocycles. The fraction of sp³-hybridized carbons (Fsp3) is 0.462. The Hall–Kier alpha value is -1.75. The molecule has 100 valence electrons. The van der Waals surface area contributed by atoms with E-state index in [1.807, 2.05) is 19.9 Å². The molecule has 18 heavy (non-hydrogen) atoms. The van der Waals surface area contributed by atoms with Gasteiger partial charge in [-0.3, -0.25) is 4.79 Å². The number of hydrogen-bond donors (Lipinski definition) is 2. The minimum Gasteiger partial charge on any atom is -0.482 e. The van der Waals surface area contributed by atoms with Gasteiger partial charge in [-0.05, 0) is 31.5 Å². The van der Waals surface area contributed by atoms with E-state index in [2.05, 4.69) is 5.32 Å². The van der Waals surface area contributed by atoms with Gasteiger partial charge in [0.25, 0.3) is 5.91 Å². The van der Waals surface area contributed by atoms with Crippen molar-refractivity contribution in [2.24, 2.45) is 0 Å². The van der Waals surface area contributed by atoms with Gasteiger partial charge in [0.2, 0.25) is 0 Å². The van der Waals surface area contributed by atoms with Crippen LogP contribution in [0, 0.1) is 6.92 Å². The number of carbonyl (C=O) groups excluding carboxylic acids is 1. The van der Waals surface area contributed by atoms with Crippen LogP contribution in [0.4, 0.5) is 5.69 Å². The Morgan fingerprint density at radius 1 is 1.50 bits per heavy atom. The summed E-state index contributed by atoms with van der Waals surface area (Å²) in [6, 6.07) is 5.42. The molecule has 0 saturated carbocycles. The van der Waals surface area contributed by atoms with E-state index in [4.69, 9.17) is 15.2 Å². The number of rotatable bonds is 6. The highest BCUT2D eigenvalue weighted by molar-refractivity contribution is 5.78. The van der Waals surface area contributed by atoms with Crippen LogP contribution in [0.1, 0.15) is 12.5 Å². The van der Waals surface area contributed by atoms with E-state index in [1.54, 1.807) is 19.2 Å². The Labute approximate surface area is 107 Å². The highest BCUT2D eigenvalue weighted by atomic mass is 16.5. The highest BCUT2D eigenvalue weighted by Crippen LogP contribution is 2.21. The first-order chi connectivity index (χ1) is 8.52. The molecule has 1 unspecified atom stereocenters. The average Bonchev–Trinajstić information content (AvgIpc) is 2.30. The van der Waals surface area contributed by atoms with E-state index < -0.39 is 0 Å². The van der Waals surface area contributed by atoms with Crippen LogP contribution in [0.2, 0.25) is 0 Å². The first-order valence-corrected chi connectivity index (χ1v) is 5.80. The molecule has 1 aromatic rings. The molecule has 0 spiro atoms. The summed E-state index contributed by atoms with van der Waals surface area (Å²) in [6.07, 6.45) is 0. The van der Waals surface area contributed by atoms with Crippen LogP contribution in [-0.4, -0.2) is 32.3 Å². The second-order valence-corrected chi connectivity index (χ2v) is 4.25. The van der Waals surface area contributed by atoms with Crippen molar-refractivity contribution in [3.8, 4) is 5.75 Å². The van der Waals surface area contributed by atoms with Crippen LogP contribution >= 0.6 is 0 Å². The van der Waals surface area contributed by atoms with Gasteiger partial charge in [0, 0.05) is 13.2 Å². The van der Waals surface area contributed by atoms with E-state index in [1.165, 1.54) is 0 Å². The minimum absolute atomic E-state index is 0.0408. The molecule has 5 heteroatoms. The monoisotopic (exact) mass is 252 g/mol. The lowest BCUT2D eigenvalue weighted by atomic mass is 10.2. The lowest BCUT2D eigenvalue weighted by molar-refractivity contribution is -0.124. The third-order valence-corrected chi connectivity index (χ3v) is 2.35. The van der Waals surface area contributed by atoms with Gasteiger partial charge in [-0.2, -0.15) is 0 Å². The number of amides is 1. The van der Waals surface area contributed by atoms with Crippen molar-refractivity contribution in [1.29, 1.82) is 0 Å². The average molecular weight is 252 g/mol. The maximum atomic E-state index is 11.6. The lowest BCUT2D eigenvalue weighted by Crippen LogP contribution is -2.38. The molecule has 1 rings (SSSR count). The van der Waals surface area contributed by atoms with Crippen molar-refractivity contribution in [3.05, 3.63) is 23.8 Å². The summed E-state index contributed by atoms with van der Waals surface area (Å²) >= 11 is 0. The fourth-order valence-corrected chi connectivity index (χ4v) is 1.52. The highest BCUT2D eigenvalue weighted by Gasteiger charge is 2.08. The Morgan fingerprint density at radius 3 is 2.89 bits per heavy atom. The van der Waals surface area contributed by atoms with Gasteiger partial charge in [0.05, 0.1) is 12.3 Å². The molecule has 0 heterocycles. The predicted octanol–water partition coefficient (Wildman–Crippen LogP) is 1.11. The molecular weight excluding hydrogens is 232 g/mol. The molecule has 1 aromatic carbocycles. The maximum absolute atomic E-state index is 11.6. The molecule has 0 fully saturated rings. The number of nitrogens with two attached hydrogens (primary N) is 1. The first kappa shape index (κ1) is 14.3. The second kappa shape index (κ2) is 6.86. The number of anilines is 1. The summed E-state index contributed by atoms with van der Waals surface area (Å²) in [5, 5.41) is 2.76. The summed E-state index contributed by atoms with van der Waals surface area (Å²) in [7, 11) is 1.59. The van der Waals surface area contributed by atoms with E-state index in [9.17, 15) is 4.79 Å². The Bertz CT molecular complexity index is 407. The largest absolute Gasteiger partial charge is 0.482 e. The molecule has 3 N–H and O–H groups in total. The van der Waals surface area contributed by atoms with Crippen molar-refractivity contribution in [2.45, 2.75) is 19.9 Å². The summed E-state index contributed by atoms with van der Waals surface area (Å²) in [5.74, 6) is 0.338. The normalized spacial score (nSPS) is 11.9. The molecule has 1 atom stereocenters. The van der Waals surface area contributed by atoms with Gasteiger partial charge in [-0.25, -0.2) is 0 Å². The van der Waals surface area contributed by atoms with Crippen molar-refractivity contribution >= 4 is 11.6 Å². The van der Waals surface area contributed by atoms with Gasteiger partial charge in [-0.15, -0.1) is 0 Å². The third kappa shape index (κ3) is 4.63. The summed E-state index contributed by atoms with van der Waals surface area (Å²) in [6.45, 7) is 4.22. The zero-order valence-corrected chi connectivity index (χ0v) is 11.0. The van der Waals surface area contributed by atoms with Crippen LogP contribution in [0.5, 0.6) is 5.75 Å². The Morgan fingerprint density at radius 2 is 2.22 bits per heavy atom. The molecule has 0 saturated heterocycles. The number of aryl methyl sites for hydroxylation is 1. The summed E-state index contributed by atoms with van der Waals surface area (Å²) in [5.41, 5.74) is 7.31. The lowest BCUT2D eigenvalue weighted by Gasteiger charge is -2.14. The van der Waals surface area contributed by atoms with Crippen LogP contribution in [-0.2, 0) is 9.53 Å². The van der Waals surface area contributed by atoms with Crippen LogP contribution < -0.4 is 15.8 Å². The number of hydrogen-bond acceptors (Lipinski definition) is 4. The van der Waals surface area contributed by atoms with E-state index >= 15 is 0 Å². The fourth-order valence-electron chi connectivity index (χ4n) is 1.52. The summed E-state index contributed by atoms with van der Waals surface area (Å²) < 4.78 is 10.3. The van der Waals surface area contributed by atoms with Crippen molar-refractivity contribution in [1.82, 2.24) is 5.32 Å². The molecule has 0 radical (unpaired) electrons. The number of ether oxygens (including phenoxy) is 2. The smallest absolute Gasteiger partial charge is 0.258 e. The van der Waals surface area contributed by atoms with E-state index in [0.717, 1.165) is 5.56 Å². The second-order valence-electron chi connectivity index (χ2n) is 4.25. The van der Waals surface area contributed by atoms with Gasteiger partial charge < -0.3 is 20.5 Å². The van der Waals surface area contributed by atoms with Crippen molar-refractivity contribution in [2.75, 3.05) is 26.1 Å². The van der Waals surface area contributed by atoms with Crippen molar-refractivity contribution < 1.29 is 14.3 Å². The van der Waals surface area contributed by atoms with Gasteiger partial charge in [0.1, 0.15) is 5.75 Å². The van der Waals surface area contributed by atoms with Crippen LogP contribution in [0.15, 0.2) is 18.2 Å². The van der Waals surface area contributed by atoms with E-state index in [0.29, 0.717) is 18.0 Å². The topological polar surface area (TPSA) is 73.6 Å². The zero-order chi connectivity index (χ0) is 13.5. The number of nitrogen functional groups attached to an aromatic ring is 1. The molecule has 0 aliphatic heterocycles. The first-order valence-electron chi connectivity index (χ1n) is 5.80. The summed E-state index contributed by atoms with van der Waals surface area (Å²) in [4.78, 5) is 11.6. The number of nitrogens with one attached hydrogen (secondary N) is 1. The molecule has 1 amide bonds. The van der Waals surface area contributed by atoms with Crippen LogP contribution in [0.25, 0.3) is 0 Å². The maximum Gasteiger partial charge on any atom is 0.258 e. The number of carbonyl (C=O) groups is 1. The van der Waals surface area contributed by atoms with Gasteiger partial charge in [0.15, 0.2) is 6.61 Å². The number of benzene rings is 1. The van der Waals surface area contributed by atoms with Gasteiger partial charge >= 0.3 is 0 Å². The predicted molar refractivity (Wildman–Crippen MR) is 70.6 cm³/mol.